The van der Waals surface area contributed by atoms with Gasteiger partial charge < -0.3 is 15.2 Å². The molecule has 2 N–H and O–H groups in total. The van der Waals surface area contributed by atoms with Gasteiger partial charge in [0, 0.05) is 0 Å². The molecule has 2 aromatic rings. The number of esters is 2. The third kappa shape index (κ3) is 5.16. The van der Waals surface area contributed by atoms with Crippen molar-refractivity contribution in [3.63, 3.8) is 0 Å². The summed E-state index contributed by atoms with van der Waals surface area (Å²) in [7, 11) is 1.32. The summed E-state index contributed by atoms with van der Waals surface area (Å²) >= 11 is 0. The van der Waals surface area contributed by atoms with Gasteiger partial charge in [-0.3, -0.25) is 4.79 Å². The highest BCUT2D eigenvalue weighted by Gasteiger charge is 2.15. The lowest BCUT2D eigenvalue weighted by molar-refractivity contribution is -0.142. The van der Waals surface area contributed by atoms with Crippen LogP contribution in [0.5, 0.6) is 0 Å². The van der Waals surface area contributed by atoms with Crippen LogP contribution in [0.4, 0.5) is 0 Å². The number of nitrogens with two attached hydrogens (primary N) is 1. The lowest BCUT2D eigenvalue weighted by atomic mass is 9.98. The van der Waals surface area contributed by atoms with E-state index in [9.17, 15) is 9.59 Å². The highest BCUT2D eigenvalue weighted by Crippen LogP contribution is 2.22. The monoisotopic (exact) mass is 341 g/mol. The van der Waals surface area contributed by atoms with Crippen LogP contribution >= 0.6 is 0 Å². The van der Waals surface area contributed by atoms with Crippen LogP contribution in [-0.4, -0.2) is 31.2 Å². The van der Waals surface area contributed by atoms with Gasteiger partial charge in [0.05, 0.1) is 18.8 Å². The zero-order valence-electron chi connectivity index (χ0n) is 14.7. The Balaban J connectivity index is 2.23. The molecule has 132 valence electrons. The smallest absolute Gasteiger partial charge is 0.338 e. The van der Waals surface area contributed by atoms with Crippen LogP contribution in [0.3, 0.4) is 0 Å². The van der Waals surface area contributed by atoms with E-state index in [0.717, 1.165) is 16.7 Å². The van der Waals surface area contributed by atoms with Crippen LogP contribution in [0.25, 0.3) is 11.1 Å². The van der Waals surface area contributed by atoms with Gasteiger partial charge in [-0.1, -0.05) is 36.4 Å². The quantitative estimate of drug-likeness (QED) is 0.817. The second kappa shape index (κ2) is 8.44. The van der Waals surface area contributed by atoms with Gasteiger partial charge in [0.2, 0.25) is 0 Å². The fourth-order valence-corrected chi connectivity index (χ4v) is 2.47. The summed E-state index contributed by atoms with van der Waals surface area (Å²) in [6, 6.07) is 14.3. The van der Waals surface area contributed by atoms with E-state index in [4.69, 9.17) is 10.5 Å². The molecule has 0 radical (unpaired) electrons. The predicted octanol–water partition coefficient (Wildman–Crippen LogP) is 2.96. The van der Waals surface area contributed by atoms with Crippen molar-refractivity contribution in [1.29, 1.82) is 0 Å². The Hall–Kier alpha value is -2.66. The van der Waals surface area contributed by atoms with Crippen LogP contribution in [-0.2, 0) is 20.7 Å². The van der Waals surface area contributed by atoms with Crippen LogP contribution < -0.4 is 5.73 Å². The van der Waals surface area contributed by atoms with E-state index in [0.29, 0.717) is 12.0 Å². The van der Waals surface area contributed by atoms with Gasteiger partial charge in [0.15, 0.2) is 0 Å². The van der Waals surface area contributed by atoms with E-state index < -0.39 is 12.0 Å². The number of hydrogen-bond donors (Lipinski definition) is 1. The molecule has 0 aliphatic carbocycles. The van der Waals surface area contributed by atoms with Crippen molar-refractivity contribution in [1.82, 2.24) is 0 Å². The normalized spacial score (nSPS) is 11.9. The molecule has 5 heteroatoms. The zero-order valence-corrected chi connectivity index (χ0v) is 14.7. The molecule has 0 aliphatic rings. The summed E-state index contributed by atoms with van der Waals surface area (Å²) in [6.45, 7) is 3.63. The van der Waals surface area contributed by atoms with Crippen LogP contribution in [0, 0.1) is 0 Å². The van der Waals surface area contributed by atoms with E-state index in [1.165, 1.54) is 7.11 Å². The largest absolute Gasteiger partial charge is 0.468 e. The first-order valence-corrected chi connectivity index (χ1v) is 8.14. The maximum absolute atomic E-state index is 12.1. The van der Waals surface area contributed by atoms with E-state index in [-0.39, 0.29) is 12.1 Å². The van der Waals surface area contributed by atoms with E-state index >= 15 is 0 Å². The topological polar surface area (TPSA) is 78.6 Å². The van der Waals surface area contributed by atoms with Crippen LogP contribution in [0.15, 0.2) is 48.5 Å². The highest BCUT2D eigenvalue weighted by atomic mass is 16.5. The van der Waals surface area contributed by atoms with Crippen LogP contribution in [0.1, 0.15) is 29.8 Å². The first-order valence-electron chi connectivity index (χ1n) is 8.14. The molecule has 0 heterocycles. The summed E-state index contributed by atoms with van der Waals surface area (Å²) < 4.78 is 9.89. The third-order valence-electron chi connectivity index (χ3n) is 3.66. The van der Waals surface area contributed by atoms with E-state index in [2.05, 4.69) is 4.74 Å². The molecule has 0 saturated heterocycles. The summed E-state index contributed by atoms with van der Waals surface area (Å²) in [5.74, 6) is -0.787. The van der Waals surface area contributed by atoms with Gasteiger partial charge in [-0.25, -0.2) is 4.79 Å². The average Bonchev–Trinajstić information content (AvgIpc) is 2.60. The average molecular weight is 341 g/mol. The molecule has 2 rings (SSSR count). The molecule has 1 unspecified atom stereocenters. The van der Waals surface area contributed by atoms with Gasteiger partial charge in [-0.05, 0) is 49.1 Å². The fourth-order valence-electron chi connectivity index (χ4n) is 2.47. The Morgan fingerprint density at radius 3 is 2.32 bits per heavy atom. The summed E-state index contributed by atoms with van der Waals surface area (Å²) in [5.41, 5.74) is 9.08. The molecule has 0 fully saturated rings. The Morgan fingerprint density at radius 2 is 1.68 bits per heavy atom. The molecule has 0 amide bonds. The van der Waals surface area contributed by atoms with Crippen molar-refractivity contribution in [2.24, 2.45) is 5.73 Å². The minimum absolute atomic E-state index is 0.167. The van der Waals surface area contributed by atoms with Gasteiger partial charge in [0.25, 0.3) is 0 Å². The van der Waals surface area contributed by atoms with Gasteiger partial charge in [0.1, 0.15) is 6.04 Å². The first kappa shape index (κ1) is 18.7. The van der Waals surface area contributed by atoms with Crippen molar-refractivity contribution in [3.05, 3.63) is 59.7 Å². The molecule has 0 aliphatic heterocycles. The number of carbonyl (C=O) groups is 2. The molecule has 1 atom stereocenters. The molecule has 2 aromatic carbocycles. The van der Waals surface area contributed by atoms with Crippen molar-refractivity contribution in [2.45, 2.75) is 32.4 Å². The maximum atomic E-state index is 12.1. The van der Waals surface area contributed by atoms with Crippen molar-refractivity contribution in [2.75, 3.05) is 7.11 Å². The molecular formula is C20H23NO4. The van der Waals surface area contributed by atoms with Crippen molar-refractivity contribution in [3.8, 4) is 11.1 Å². The molecule has 5 nitrogen and oxygen atoms in total. The Kier molecular flexibility index (Phi) is 6.31. The minimum atomic E-state index is -0.701. The predicted molar refractivity (Wildman–Crippen MR) is 96.1 cm³/mol. The number of carbonyl (C=O) groups excluding carboxylic acids is 2. The lowest BCUT2D eigenvalue weighted by Gasteiger charge is -2.11. The summed E-state index contributed by atoms with van der Waals surface area (Å²) in [5, 5.41) is 0. The number of ether oxygens (including phenoxy) is 2. The number of hydrogen-bond acceptors (Lipinski definition) is 5. The standard InChI is InChI=1S/C20H23NO4/c1-13(2)25-19(22)17-9-5-8-16(12-17)15-7-4-6-14(10-15)11-18(21)20(23)24-3/h4-10,12-13,18H,11,21H2,1-3H3. The van der Waals surface area contributed by atoms with Crippen molar-refractivity contribution < 1.29 is 19.1 Å². The molecular weight excluding hydrogens is 318 g/mol. The zero-order chi connectivity index (χ0) is 18.4. The number of methoxy groups -OCH3 is 1. The second-order valence-corrected chi connectivity index (χ2v) is 6.07. The van der Waals surface area contributed by atoms with E-state index in [1.807, 2.05) is 50.2 Å². The second-order valence-electron chi connectivity index (χ2n) is 6.07. The Labute approximate surface area is 147 Å². The Morgan fingerprint density at radius 1 is 1.04 bits per heavy atom. The molecule has 0 bridgehead atoms. The SMILES string of the molecule is COC(=O)C(N)Cc1cccc(-c2cccc(C(=O)OC(C)C)c2)c1. The maximum Gasteiger partial charge on any atom is 0.338 e. The van der Waals surface area contributed by atoms with Gasteiger partial charge in [-0.2, -0.15) is 0 Å². The van der Waals surface area contributed by atoms with Crippen molar-refractivity contribution >= 4 is 11.9 Å². The van der Waals surface area contributed by atoms with Crippen LogP contribution in [0.2, 0.25) is 0 Å². The van der Waals surface area contributed by atoms with Gasteiger partial charge in [-0.15, -0.1) is 0 Å². The lowest BCUT2D eigenvalue weighted by Crippen LogP contribution is -2.33. The highest BCUT2D eigenvalue weighted by molar-refractivity contribution is 5.91. The van der Waals surface area contributed by atoms with Gasteiger partial charge >= 0.3 is 11.9 Å². The number of rotatable bonds is 6. The Bertz CT molecular complexity index is 755. The fraction of sp³-hybridized carbons (Fsp3) is 0.300. The first-order chi connectivity index (χ1) is 11.9. The molecule has 0 saturated carbocycles. The van der Waals surface area contributed by atoms with E-state index in [1.54, 1.807) is 12.1 Å². The molecule has 0 spiro atoms. The molecule has 25 heavy (non-hydrogen) atoms. The molecule has 0 aromatic heterocycles. The third-order valence-corrected chi connectivity index (χ3v) is 3.66. The summed E-state index contributed by atoms with van der Waals surface area (Å²) in [4.78, 5) is 23.5. The summed E-state index contributed by atoms with van der Waals surface area (Å²) in [6.07, 6.45) is 0.217. The number of benzene rings is 2. The minimum Gasteiger partial charge on any atom is -0.468 e.